The molecule has 2 heterocycles. The molecule has 122 valence electrons. The number of benzene rings is 1. The van der Waals surface area contributed by atoms with Crippen LogP contribution in [0.4, 0.5) is 5.00 Å². The average Bonchev–Trinajstić information content (AvgIpc) is 2.95. The second-order valence-corrected chi connectivity index (χ2v) is 6.37. The van der Waals surface area contributed by atoms with Gasteiger partial charge in [-0.05, 0) is 36.7 Å². The Kier molecular flexibility index (Phi) is 4.73. The van der Waals surface area contributed by atoms with Crippen LogP contribution in [0.5, 0.6) is 0 Å². The molecule has 0 radical (unpaired) electrons. The lowest BCUT2D eigenvalue weighted by atomic mass is 10.1. The van der Waals surface area contributed by atoms with Crippen LogP contribution in [-0.4, -0.2) is 19.8 Å². The highest BCUT2D eigenvalue weighted by atomic mass is 35.5. The summed E-state index contributed by atoms with van der Waals surface area (Å²) < 4.78 is 5.33. The molecule has 8 heteroatoms. The van der Waals surface area contributed by atoms with Gasteiger partial charge in [-0.25, -0.2) is 4.98 Å². The Labute approximate surface area is 146 Å². The van der Waals surface area contributed by atoms with Crippen molar-refractivity contribution >= 4 is 34.0 Å². The summed E-state index contributed by atoms with van der Waals surface area (Å²) in [5, 5.41) is 3.97. The predicted octanol–water partition coefficient (Wildman–Crippen LogP) is 2.97. The van der Waals surface area contributed by atoms with Crippen LogP contribution in [0.15, 0.2) is 47.5 Å². The molecule has 0 fully saturated rings. The molecule has 1 N–H and O–H groups in total. The first-order valence-corrected chi connectivity index (χ1v) is 8.22. The number of aryl methyl sites for hydroxylation is 1. The lowest BCUT2D eigenvalue weighted by Gasteiger charge is -2.06. The van der Waals surface area contributed by atoms with Crippen molar-refractivity contribution in [1.29, 1.82) is 0 Å². The number of nitrogens with one attached hydrogen (secondary N) is 1. The van der Waals surface area contributed by atoms with Crippen molar-refractivity contribution in [2.24, 2.45) is 0 Å². The van der Waals surface area contributed by atoms with Crippen molar-refractivity contribution in [2.45, 2.75) is 13.5 Å². The lowest BCUT2D eigenvalue weighted by molar-refractivity contribution is -0.116. The number of anilines is 1. The minimum Gasteiger partial charge on any atom is -0.315 e. The fourth-order valence-electron chi connectivity index (χ4n) is 2.08. The number of carbonyl (C=O) groups is 1. The van der Waals surface area contributed by atoms with E-state index >= 15 is 0 Å². The van der Waals surface area contributed by atoms with Crippen LogP contribution in [0, 0.1) is 6.92 Å². The zero-order valence-electron chi connectivity index (χ0n) is 12.7. The minimum absolute atomic E-state index is 0.107. The monoisotopic (exact) mass is 360 g/mol. The van der Waals surface area contributed by atoms with Crippen LogP contribution in [0.3, 0.4) is 0 Å². The molecule has 3 aromatic rings. The van der Waals surface area contributed by atoms with Gasteiger partial charge in [0.15, 0.2) is 0 Å². The van der Waals surface area contributed by atoms with Crippen molar-refractivity contribution in [3.05, 3.63) is 63.8 Å². The Morgan fingerprint density at radius 1 is 1.29 bits per heavy atom. The van der Waals surface area contributed by atoms with E-state index in [-0.39, 0.29) is 18.0 Å². The van der Waals surface area contributed by atoms with Gasteiger partial charge in [0, 0.05) is 16.7 Å². The quantitative estimate of drug-likeness (QED) is 0.776. The first kappa shape index (κ1) is 16.4. The molecule has 0 saturated heterocycles. The second kappa shape index (κ2) is 6.94. The molecule has 6 nitrogen and oxygen atoms in total. The number of carbonyl (C=O) groups excluding carboxylic acids is 1. The Hall–Kier alpha value is -2.51. The first-order chi connectivity index (χ1) is 11.5. The number of hydrogen-bond acceptors (Lipinski definition) is 5. The highest BCUT2D eigenvalue weighted by molar-refractivity contribution is 7.10. The summed E-state index contributed by atoms with van der Waals surface area (Å²) in [4.78, 5) is 28.4. The van der Waals surface area contributed by atoms with E-state index in [1.54, 1.807) is 30.3 Å². The molecule has 0 unspecified atom stereocenters. The molecule has 0 aliphatic carbocycles. The predicted molar refractivity (Wildman–Crippen MR) is 94.4 cm³/mol. The molecule has 24 heavy (non-hydrogen) atoms. The van der Waals surface area contributed by atoms with Gasteiger partial charge in [0.25, 0.3) is 5.56 Å². The van der Waals surface area contributed by atoms with Crippen molar-refractivity contribution < 1.29 is 4.79 Å². The van der Waals surface area contributed by atoms with Gasteiger partial charge in [-0.3, -0.25) is 14.2 Å². The maximum absolute atomic E-state index is 12.2. The highest BCUT2D eigenvalue weighted by Crippen LogP contribution is 2.18. The molecule has 0 spiro atoms. The van der Waals surface area contributed by atoms with Gasteiger partial charge in [0.1, 0.15) is 11.5 Å². The van der Waals surface area contributed by atoms with E-state index in [1.165, 1.54) is 28.5 Å². The third-order valence-electron chi connectivity index (χ3n) is 3.22. The van der Waals surface area contributed by atoms with E-state index in [0.717, 1.165) is 11.3 Å². The minimum atomic E-state index is -0.304. The molecular weight excluding hydrogens is 348 g/mol. The standard InChI is InChI=1S/C16H13ClN4O2S/c1-10-6-15(24-20-10)19-14(22)8-21-9-18-13(7-16(21)23)11-2-4-12(17)5-3-11/h2-7,9H,8H2,1H3,(H,19,22). The van der Waals surface area contributed by atoms with E-state index in [4.69, 9.17) is 11.6 Å². The van der Waals surface area contributed by atoms with Crippen LogP contribution >= 0.6 is 23.1 Å². The van der Waals surface area contributed by atoms with Gasteiger partial charge < -0.3 is 5.32 Å². The van der Waals surface area contributed by atoms with Crippen molar-refractivity contribution in [3.63, 3.8) is 0 Å². The zero-order valence-corrected chi connectivity index (χ0v) is 14.3. The first-order valence-electron chi connectivity index (χ1n) is 7.07. The third-order valence-corrected chi connectivity index (χ3v) is 4.27. The molecule has 0 atom stereocenters. The molecule has 1 aromatic carbocycles. The van der Waals surface area contributed by atoms with Gasteiger partial charge in [-0.2, -0.15) is 4.37 Å². The summed E-state index contributed by atoms with van der Waals surface area (Å²) >= 11 is 7.04. The van der Waals surface area contributed by atoms with Crippen LogP contribution in [0.25, 0.3) is 11.3 Å². The number of hydrogen-bond donors (Lipinski definition) is 1. The van der Waals surface area contributed by atoms with E-state index in [1.807, 2.05) is 6.92 Å². The normalized spacial score (nSPS) is 10.6. The summed E-state index contributed by atoms with van der Waals surface area (Å²) in [5.74, 6) is -0.304. The molecule has 2 aromatic heterocycles. The van der Waals surface area contributed by atoms with Crippen LogP contribution in [-0.2, 0) is 11.3 Å². The van der Waals surface area contributed by atoms with E-state index in [9.17, 15) is 9.59 Å². The van der Waals surface area contributed by atoms with Gasteiger partial charge in [-0.15, -0.1) is 0 Å². The van der Waals surface area contributed by atoms with Gasteiger partial charge in [0.05, 0.1) is 17.7 Å². The summed E-state index contributed by atoms with van der Waals surface area (Å²) in [6.07, 6.45) is 1.36. The van der Waals surface area contributed by atoms with E-state index < -0.39 is 0 Å². The van der Waals surface area contributed by atoms with Crippen LogP contribution < -0.4 is 10.9 Å². The highest BCUT2D eigenvalue weighted by Gasteiger charge is 2.09. The molecule has 0 bridgehead atoms. The number of rotatable bonds is 4. The Morgan fingerprint density at radius 3 is 2.67 bits per heavy atom. The molecular formula is C16H13ClN4O2S. The Balaban J connectivity index is 1.74. The van der Waals surface area contributed by atoms with Crippen molar-refractivity contribution in [1.82, 2.24) is 13.9 Å². The zero-order chi connectivity index (χ0) is 17.1. The maximum atomic E-state index is 12.2. The summed E-state index contributed by atoms with van der Waals surface area (Å²) in [6, 6.07) is 10.2. The SMILES string of the molecule is Cc1cc(NC(=O)Cn2cnc(-c3ccc(Cl)cc3)cc2=O)sn1. The van der Waals surface area contributed by atoms with Gasteiger partial charge in [-0.1, -0.05) is 23.7 Å². The van der Waals surface area contributed by atoms with Crippen LogP contribution in [0.1, 0.15) is 5.69 Å². The van der Waals surface area contributed by atoms with Gasteiger partial charge >= 0.3 is 0 Å². The summed E-state index contributed by atoms with van der Waals surface area (Å²) in [7, 11) is 0. The average molecular weight is 361 g/mol. The van der Waals surface area contributed by atoms with Gasteiger partial charge in [0.2, 0.25) is 5.91 Å². The summed E-state index contributed by atoms with van der Waals surface area (Å²) in [5.41, 5.74) is 1.85. The lowest BCUT2D eigenvalue weighted by Crippen LogP contribution is -2.27. The topological polar surface area (TPSA) is 76.9 Å². The largest absolute Gasteiger partial charge is 0.315 e. The number of halogens is 1. The van der Waals surface area contributed by atoms with Crippen LogP contribution in [0.2, 0.25) is 5.02 Å². The molecule has 0 saturated carbocycles. The second-order valence-electron chi connectivity index (χ2n) is 5.13. The third kappa shape index (κ3) is 3.87. The van der Waals surface area contributed by atoms with E-state index in [0.29, 0.717) is 15.7 Å². The molecule has 1 amide bonds. The molecule has 0 aliphatic heterocycles. The molecule has 0 aliphatic rings. The Morgan fingerprint density at radius 2 is 2.04 bits per heavy atom. The number of nitrogens with zero attached hydrogens (tertiary/aromatic N) is 3. The Bertz CT molecular complexity index is 934. The fraction of sp³-hybridized carbons (Fsp3) is 0.125. The smallest absolute Gasteiger partial charge is 0.254 e. The van der Waals surface area contributed by atoms with Crippen molar-refractivity contribution in [2.75, 3.05) is 5.32 Å². The number of amides is 1. The fourth-order valence-corrected chi connectivity index (χ4v) is 2.88. The van der Waals surface area contributed by atoms with E-state index in [2.05, 4.69) is 14.7 Å². The molecule has 3 rings (SSSR count). The number of aromatic nitrogens is 3. The maximum Gasteiger partial charge on any atom is 0.254 e. The summed E-state index contributed by atoms with van der Waals surface area (Å²) in [6.45, 7) is 1.74. The van der Waals surface area contributed by atoms with Crippen molar-refractivity contribution in [3.8, 4) is 11.3 Å².